The van der Waals surface area contributed by atoms with Gasteiger partial charge in [0, 0.05) is 0 Å². The van der Waals surface area contributed by atoms with Crippen molar-refractivity contribution in [3.8, 4) is 0 Å². The van der Waals surface area contributed by atoms with Crippen LogP contribution in [0, 0.1) is 12.7 Å². The van der Waals surface area contributed by atoms with Crippen molar-refractivity contribution in [2.24, 2.45) is 5.73 Å². The lowest BCUT2D eigenvalue weighted by atomic mass is 10.1. The van der Waals surface area contributed by atoms with Gasteiger partial charge in [0.15, 0.2) is 0 Å². The van der Waals surface area contributed by atoms with Crippen LogP contribution in [0.2, 0.25) is 0 Å². The molecule has 0 heterocycles. The van der Waals surface area contributed by atoms with E-state index in [0.29, 0.717) is 5.56 Å². The van der Waals surface area contributed by atoms with Crippen LogP contribution in [0.25, 0.3) is 0 Å². The summed E-state index contributed by atoms with van der Waals surface area (Å²) in [6.07, 6.45) is 0. The van der Waals surface area contributed by atoms with Gasteiger partial charge in [-0.1, -0.05) is 11.6 Å². The summed E-state index contributed by atoms with van der Waals surface area (Å²) >= 11 is 0. The third kappa shape index (κ3) is 4.54. The minimum absolute atomic E-state index is 0. The predicted molar refractivity (Wildman–Crippen MR) is 64.7 cm³/mol. The lowest BCUT2D eigenvalue weighted by Gasteiger charge is -2.14. The number of amides is 1. The molecule has 1 aromatic rings. The largest absolute Gasteiger partial charge is 0.346 e. The van der Waals surface area contributed by atoms with Gasteiger partial charge in [-0.15, -0.1) is 12.4 Å². The summed E-state index contributed by atoms with van der Waals surface area (Å²) in [6, 6.07) is 3.90. The average molecular weight is 283 g/mol. The number of carbonyl (C=O) groups is 1. The van der Waals surface area contributed by atoms with E-state index in [2.05, 4.69) is 0 Å². The molecule has 3 N–H and O–H groups in total. The summed E-state index contributed by atoms with van der Waals surface area (Å²) in [4.78, 5) is 11.5. The van der Waals surface area contributed by atoms with Crippen LogP contribution >= 0.6 is 12.4 Å². The van der Waals surface area contributed by atoms with Crippen molar-refractivity contribution in [2.45, 2.75) is 12.8 Å². The van der Waals surface area contributed by atoms with E-state index in [-0.39, 0.29) is 18.0 Å². The molecule has 0 radical (unpaired) electrons. The number of rotatable bonds is 4. The van der Waals surface area contributed by atoms with Crippen molar-refractivity contribution in [1.29, 1.82) is 0 Å². The summed E-state index contributed by atoms with van der Waals surface area (Å²) in [7, 11) is 0. The second-order valence-electron chi connectivity index (χ2n) is 3.73. The summed E-state index contributed by atoms with van der Waals surface area (Å²) < 4.78 is 38.8. The Morgan fingerprint density at radius 1 is 1.44 bits per heavy atom. The number of nitrogens with one attached hydrogen (secondary N) is 1. The van der Waals surface area contributed by atoms with Crippen molar-refractivity contribution in [2.75, 3.05) is 13.1 Å². The van der Waals surface area contributed by atoms with E-state index < -0.39 is 30.7 Å². The molecule has 1 amide bonds. The zero-order valence-corrected chi connectivity index (χ0v) is 10.5. The van der Waals surface area contributed by atoms with Crippen LogP contribution in [0.3, 0.4) is 0 Å². The number of benzene rings is 1. The Morgan fingerprint density at radius 2 is 2.06 bits per heavy atom. The Labute approximate surface area is 109 Å². The number of halogens is 4. The van der Waals surface area contributed by atoms with Gasteiger partial charge in [-0.2, -0.15) is 0 Å². The highest BCUT2D eigenvalue weighted by Crippen LogP contribution is 2.12. The first kappa shape index (κ1) is 16.7. The quantitative estimate of drug-likeness (QED) is 0.886. The Morgan fingerprint density at radius 3 is 2.61 bits per heavy atom. The molecule has 0 unspecified atom stereocenters. The molecule has 0 fully saturated rings. The molecule has 0 aliphatic carbocycles. The topological polar surface area (TPSA) is 55.1 Å². The fourth-order valence-corrected chi connectivity index (χ4v) is 1.19. The third-order valence-electron chi connectivity index (χ3n) is 2.17. The van der Waals surface area contributed by atoms with Gasteiger partial charge in [-0.05, 0) is 19.1 Å². The smallest absolute Gasteiger partial charge is 0.277 e. The molecule has 7 heteroatoms. The second kappa shape index (κ2) is 6.61. The van der Waals surface area contributed by atoms with Crippen LogP contribution in [-0.4, -0.2) is 24.9 Å². The molecule has 1 rings (SSSR count). The highest BCUT2D eigenvalue weighted by atomic mass is 35.5. The first-order chi connectivity index (χ1) is 7.85. The molecule has 0 aromatic heterocycles. The number of hydrogen-bond donors (Lipinski definition) is 2. The van der Waals surface area contributed by atoms with Gasteiger partial charge < -0.3 is 11.1 Å². The first-order valence-corrected chi connectivity index (χ1v) is 4.98. The zero-order valence-electron chi connectivity index (χ0n) is 9.67. The van der Waals surface area contributed by atoms with Crippen LogP contribution in [0.1, 0.15) is 15.9 Å². The molecule has 0 aliphatic heterocycles. The number of aryl methyl sites for hydroxylation is 1. The number of alkyl halides is 2. The van der Waals surface area contributed by atoms with Gasteiger partial charge in [-0.25, -0.2) is 13.2 Å². The highest BCUT2D eigenvalue weighted by Gasteiger charge is 2.27. The summed E-state index contributed by atoms with van der Waals surface area (Å²) in [5, 5.41) is 1.95. The molecule has 0 bridgehead atoms. The summed E-state index contributed by atoms with van der Waals surface area (Å²) in [5.41, 5.74) is 5.23. The molecular weight excluding hydrogens is 269 g/mol. The third-order valence-corrected chi connectivity index (χ3v) is 2.17. The van der Waals surface area contributed by atoms with E-state index in [1.807, 2.05) is 5.32 Å². The molecule has 0 spiro atoms. The van der Waals surface area contributed by atoms with Gasteiger partial charge in [0.2, 0.25) is 0 Å². The van der Waals surface area contributed by atoms with Crippen molar-refractivity contribution in [3.63, 3.8) is 0 Å². The number of hydrogen-bond acceptors (Lipinski definition) is 2. The molecule has 3 nitrogen and oxygen atoms in total. The predicted octanol–water partition coefficient (Wildman–Crippen LogP) is 1.88. The van der Waals surface area contributed by atoms with Crippen LogP contribution in [-0.2, 0) is 0 Å². The minimum Gasteiger partial charge on any atom is -0.346 e. The molecule has 0 atom stereocenters. The molecule has 0 saturated carbocycles. The van der Waals surface area contributed by atoms with E-state index in [9.17, 15) is 18.0 Å². The van der Waals surface area contributed by atoms with Crippen molar-refractivity contribution < 1.29 is 18.0 Å². The highest BCUT2D eigenvalue weighted by molar-refractivity contribution is 5.94. The van der Waals surface area contributed by atoms with Gasteiger partial charge in [0.25, 0.3) is 11.8 Å². The van der Waals surface area contributed by atoms with Crippen LogP contribution in [0.5, 0.6) is 0 Å². The molecule has 1 aromatic carbocycles. The van der Waals surface area contributed by atoms with Gasteiger partial charge in [0.1, 0.15) is 5.82 Å². The van der Waals surface area contributed by atoms with E-state index >= 15 is 0 Å². The fourth-order valence-electron chi connectivity index (χ4n) is 1.19. The summed E-state index contributed by atoms with van der Waals surface area (Å²) in [6.45, 7) is -0.107. The maximum absolute atomic E-state index is 13.2. The first-order valence-electron chi connectivity index (χ1n) is 4.98. The molecule has 0 aliphatic rings. The fraction of sp³-hybridized carbons (Fsp3) is 0.364. The van der Waals surface area contributed by atoms with E-state index in [4.69, 9.17) is 5.73 Å². The lowest BCUT2D eigenvalue weighted by molar-refractivity contribution is 0.0118. The van der Waals surface area contributed by atoms with E-state index in [1.54, 1.807) is 6.92 Å². The SMILES string of the molecule is Cc1ccc(F)c(C(=O)NCC(F)(F)CN)c1.Cl. The number of nitrogens with two attached hydrogens (primary N) is 1. The average Bonchev–Trinajstić information content (AvgIpc) is 2.29. The van der Waals surface area contributed by atoms with Crippen LogP contribution in [0.15, 0.2) is 18.2 Å². The van der Waals surface area contributed by atoms with E-state index in [1.165, 1.54) is 12.1 Å². The Bertz CT molecular complexity index is 427. The maximum Gasteiger partial charge on any atom is 0.277 e. The van der Waals surface area contributed by atoms with Crippen LogP contribution in [0.4, 0.5) is 13.2 Å². The normalized spacial score (nSPS) is 10.7. The molecular formula is C11H14ClF3N2O. The Hall–Kier alpha value is -1.27. The summed E-state index contributed by atoms with van der Waals surface area (Å²) in [5.74, 6) is -4.81. The van der Waals surface area contributed by atoms with Crippen molar-refractivity contribution in [1.82, 2.24) is 5.32 Å². The standard InChI is InChI=1S/C11H13F3N2O.ClH/c1-7-2-3-9(12)8(4-7)10(17)16-6-11(13,14)5-15;/h2-4H,5-6,15H2,1H3,(H,16,17);1H. The molecule has 18 heavy (non-hydrogen) atoms. The van der Waals surface area contributed by atoms with Gasteiger partial charge >= 0.3 is 0 Å². The van der Waals surface area contributed by atoms with Crippen LogP contribution < -0.4 is 11.1 Å². The molecule has 0 saturated heterocycles. The molecule has 102 valence electrons. The Kier molecular flexibility index (Phi) is 6.14. The second-order valence-corrected chi connectivity index (χ2v) is 3.73. The van der Waals surface area contributed by atoms with Gasteiger partial charge in [-0.3, -0.25) is 4.79 Å². The Balaban J connectivity index is 0.00000289. The lowest BCUT2D eigenvalue weighted by Crippen LogP contribution is -2.41. The van der Waals surface area contributed by atoms with Gasteiger partial charge in [0.05, 0.1) is 18.7 Å². The number of carbonyl (C=O) groups excluding carboxylic acids is 1. The maximum atomic E-state index is 13.2. The minimum atomic E-state index is -3.18. The monoisotopic (exact) mass is 282 g/mol. The zero-order chi connectivity index (χ0) is 13.1. The van der Waals surface area contributed by atoms with E-state index in [0.717, 1.165) is 6.07 Å². The van der Waals surface area contributed by atoms with Crippen molar-refractivity contribution >= 4 is 18.3 Å². The van der Waals surface area contributed by atoms with Crippen molar-refractivity contribution in [3.05, 3.63) is 35.1 Å².